The van der Waals surface area contributed by atoms with Gasteiger partial charge in [0.1, 0.15) is 12.1 Å². The van der Waals surface area contributed by atoms with E-state index in [1.807, 2.05) is 6.26 Å². The number of aliphatic carboxylic acids is 1. The van der Waals surface area contributed by atoms with Crippen LogP contribution in [0.25, 0.3) is 0 Å². The molecule has 6 unspecified atom stereocenters. The van der Waals surface area contributed by atoms with E-state index >= 15 is 0 Å². The van der Waals surface area contributed by atoms with E-state index in [1.54, 1.807) is 13.8 Å². The zero-order valence-corrected chi connectivity index (χ0v) is 19.6. The van der Waals surface area contributed by atoms with Gasteiger partial charge in [0.05, 0.1) is 18.6 Å². The van der Waals surface area contributed by atoms with Gasteiger partial charge in [-0.05, 0) is 31.3 Å². The lowest BCUT2D eigenvalue weighted by Gasteiger charge is -2.28. The minimum Gasteiger partial charge on any atom is -0.480 e. The van der Waals surface area contributed by atoms with E-state index in [1.165, 1.54) is 18.7 Å². The number of nitrogens with one attached hydrogen (secondary N) is 3. The van der Waals surface area contributed by atoms with E-state index in [0.717, 1.165) is 0 Å². The zero-order valence-electron chi connectivity index (χ0n) is 18.8. The summed E-state index contributed by atoms with van der Waals surface area (Å²) in [4.78, 5) is 60.5. The van der Waals surface area contributed by atoms with Gasteiger partial charge >= 0.3 is 5.97 Å². The summed E-state index contributed by atoms with van der Waals surface area (Å²) in [7, 11) is 0. The van der Waals surface area contributed by atoms with E-state index in [0.29, 0.717) is 18.6 Å². The van der Waals surface area contributed by atoms with Crippen LogP contribution >= 0.6 is 11.8 Å². The molecular weight excluding hydrogens is 442 g/mol. The summed E-state index contributed by atoms with van der Waals surface area (Å²) in [5.74, 6) is -4.44. The summed E-state index contributed by atoms with van der Waals surface area (Å²) >= 11 is 1.49. The Bertz CT molecular complexity index is 676. The largest absolute Gasteiger partial charge is 0.480 e. The molecule has 0 aromatic carbocycles. The molecule has 0 aromatic rings. The lowest BCUT2D eigenvalue weighted by atomic mass is 9.97. The highest BCUT2D eigenvalue weighted by Crippen LogP contribution is 2.10. The quantitative estimate of drug-likeness (QED) is 0.137. The molecular formula is C19H35N5O7S. The normalized spacial score (nSPS) is 16.6. The third-order valence-electron chi connectivity index (χ3n) is 4.85. The Morgan fingerprint density at radius 3 is 1.97 bits per heavy atom. The van der Waals surface area contributed by atoms with Crippen molar-refractivity contribution in [2.24, 2.45) is 17.4 Å². The molecule has 0 fully saturated rings. The van der Waals surface area contributed by atoms with Gasteiger partial charge in [-0.1, -0.05) is 20.3 Å². The molecule has 0 radical (unpaired) electrons. The number of hydrogen-bond donors (Lipinski definition) is 7. The fraction of sp³-hybridized carbons (Fsp3) is 0.737. The minimum atomic E-state index is -1.58. The maximum absolute atomic E-state index is 12.8. The van der Waals surface area contributed by atoms with E-state index in [4.69, 9.17) is 11.5 Å². The van der Waals surface area contributed by atoms with Crippen molar-refractivity contribution in [2.45, 2.75) is 70.3 Å². The average molecular weight is 478 g/mol. The zero-order chi connectivity index (χ0) is 25.0. The second kappa shape index (κ2) is 14.6. The molecule has 0 saturated carbocycles. The number of carboxylic acid groups (broad SMARTS) is 1. The molecule has 0 aliphatic rings. The number of carbonyl (C=O) groups excluding carboxylic acids is 4. The number of rotatable bonds is 15. The van der Waals surface area contributed by atoms with Crippen molar-refractivity contribution in [3.05, 3.63) is 0 Å². The molecule has 6 atom stereocenters. The maximum Gasteiger partial charge on any atom is 0.328 e. The molecule has 0 rings (SSSR count). The molecule has 9 N–H and O–H groups in total. The number of primary amides is 1. The fourth-order valence-corrected chi connectivity index (χ4v) is 3.14. The monoisotopic (exact) mass is 477 g/mol. The van der Waals surface area contributed by atoms with Crippen LogP contribution in [-0.2, 0) is 24.0 Å². The highest BCUT2D eigenvalue weighted by molar-refractivity contribution is 7.98. The molecule has 0 aliphatic heterocycles. The van der Waals surface area contributed by atoms with Gasteiger partial charge < -0.3 is 37.6 Å². The van der Waals surface area contributed by atoms with E-state index < -0.39 is 72.2 Å². The van der Waals surface area contributed by atoms with Gasteiger partial charge in [-0.3, -0.25) is 19.2 Å². The fourth-order valence-electron chi connectivity index (χ4n) is 2.65. The third-order valence-corrected chi connectivity index (χ3v) is 5.49. The highest BCUT2D eigenvalue weighted by atomic mass is 32.2. The topological polar surface area (TPSA) is 214 Å². The molecule has 13 heteroatoms. The van der Waals surface area contributed by atoms with Crippen LogP contribution in [0, 0.1) is 5.92 Å². The number of thioether (sulfide) groups is 1. The van der Waals surface area contributed by atoms with Gasteiger partial charge in [-0.25, -0.2) is 4.79 Å². The molecule has 32 heavy (non-hydrogen) atoms. The molecule has 0 saturated heterocycles. The van der Waals surface area contributed by atoms with Crippen LogP contribution in [0.15, 0.2) is 0 Å². The molecule has 0 spiro atoms. The highest BCUT2D eigenvalue weighted by Gasteiger charge is 2.34. The lowest BCUT2D eigenvalue weighted by molar-refractivity contribution is -0.145. The number of carboxylic acids is 1. The van der Waals surface area contributed by atoms with Gasteiger partial charge in [-0.2, -0.15) is 11.8 Å². The lowest BCUT2D eigenvalue weighted by Crippen LogP contribution is -2.60. The SMILES string of the molecule is CCC(C)C(NC(=O)C(CC(N)=O)NC(=O)C(N)CCSC)C(=O)NC(C(=O)O)C(C)O. The summed E-state index contributed by atoms with van der Waals surface area (Å²) in [6, 6.07) is -5.04. The van der Waals surface area contributed by atoms with Gasteiger partial charge in [0, 0.05) is 0 Å². The molecule has 4 amide bonds. The predicted octanol–water partition coefficient (Wildman–Crippen LogP) is -2.09. The molecule has 12 nitrogen and oxygen atoms in total. The second-order valence-electron chi connectivity index (χ2n) is 7.56. The van der Waals surface area contributed by atoms with Crippen LogP contribution in [0.5, 0.6) is 0 Å². The first kappa shape index (κ1) is 29.6. The number of aliphatic hydroxyl groups is 1. The van der Waals surface area contributed by atoms with Crippen molar-refractivity contribution < 1.29 is 34.2 Å². The first-order valence-electron chi connectivity index (χ1n) is 10.2. The van der Waals surface area contributed by atoms with Crippen molar-refractivity contribution in [1.29, 1.82) is 0 Å². The first-order chi connectivity index (χ1) is 14.8. The Hall–Kier alpha value is -2.38. The third kappa shape index (κ3) is 10.3. The Morgan fingerprint density at radius 1 is 0.969 bits per heavy atom. The molecule has 0 aromatic heterocycles. The first-order valence-corrected chi connectivity index (χ1v) is 11.6. The maximum atomic E-state index is 12.8. The Labute approximate surface area is 191 Å². The molecule has 0 aliphatic carbocycles. The van der Waals surface area contributed by atoms with Crippen LogP contribution in [-0.4, -0.2) is 82.1 Å². The molecule has 184 valence electrons. The average Bonchev–Trinajstić information content (AvgIpc) is 2.71. The van der Waals surface area contributed by atoms with Gasteiger partial charge in [-0.15, -0.1) is 0 Å². The van der Waals surface area contributed by atoms with E-state index in [-0.39, 0.29) is 0 Å². The van der Waals surface area contributed by atoms with Crippen LogP contribution in [0.3, 0.4) is 0 Å². The van der Waals surface area contributed by atoms with Crippen LogP contribution in [0.4, 0.5) is 0 Å². The van der Waals surface area contributed by atoms with Crippen molar-refractivity contribution in [2.75, 3.05) is 12.0 Å². The number of aliphatic hydroxyl groups excluding tert-OH is 1. The van der Waals surface area contributed by atoms with Crippen LogP contribution in [0.1, 0.15) is 40.0 Å². The Kier molecular flexibility index (Phi) is 13.5. The molecule has 0 bridgehead atoms. The summed E-state index contributed by atoms with van der Waals surface area (Å²) in [5, 5.41) is 25.8. The van der Waals surface area contributed by atoms with E-state index in [2.05, 4.69) is 16.0 Å². The standard InChI is InChI=1S/C19H35N5O7S/c1-5-9(2)14(18(29)24-15(10(3)25)19(30)31)23-17(28)12(8-13(21)26)22-16(27)11(20)6-7-32-4/h9-12,14-15,25H,5-8,20H2,1-4H3,(H2,21,26)(H,22,27)(H,23,28)(H,24,29)(H,30,31). The van der Waals surface area contributed by atoms with Gasteiger partial charge in [0.15, 0.2) is 6.04 Å². The van der Waals surface area contributed by atoms with Crippen LogP contribution < -0.4 is 27.4 Å². The van der Waals surface area contributed by atoms with Crippen molar-refractivity contribution in [3.8, 4) is 0 Å². The summed E-state index contributed by atoms with van der Waals surface area (Å²) in [6.07, 6.45) is 0.741. The molecule has 0 heterocycles. The Morgan fingerprint density at radius 2 is 1.53 bits per heavy atom. The number of nitrogens with two attached hydrogens (primary N) is 2. The summed E-state index contributed by atoms with van der Waals surface area (Å²) in [6.45, 7) is 4.62. The van der Waals surface area contributed by atoms with E-state index in [9.17, 15) is 34.2 Å². The van der Waals surface area contributed by atoms with Crippen molar-refractivity contribution >= 4 is 41.4 Å². The summed E-state index contributed by atoms with van der Waals surface area (Å²) < 4.78 is 0. The van der Waals surface area contributed by atoms with Crippen molar-refractivity contribution in [1.82, 2.24) is 16.0 Å². The minimum absolute atomic E-state index is 0.353. The smallest absolute Gasteiger partial charge is 0.328 e. The van der Waals surface area contributed by atoms with Crippen LogP contribution in [0.2, 0.25) is 0 Å². The number of hydrogen-bond acceptors (Lipinski definition) is 8. The predicted molar refractivity (Wildman–Crippen MR) is 119 cm³/mol. The second-order valence-corrected chi connectivity index (χ2v) is 8.54. The van der Waals surface area contributed by atoms with Crippen molar-refractivity contribution in [3.63, 3.8) is 0 Å². The van der Waals surface area contributed by atoms with Gasteiger partial charge in [0.2, 0.25) is 23.6 Å². The number of carbonyl (C=O) groups is 5. The summed E-state index contributed by atoms with van der Waals surface area (Å²) in [5.41, 5.74) is 11.0. The number of amides is 4. The van der Waals surface area contributed by atoms with Gasteiger partial charge in [0.25, 0.3) is 0 Å². The Balaban J connectivity index is 5.52.